The number of primary amides is 1. The van der Waals surface area contributed by atoms with Gasteiger partial charge in [0.15, 0.2) is 11.6 Å². The molecule has 2 fully saturated rings. The van der Waals surface area contributed by atoms with Crippen LogP contribution in [0.15, 0.2) is 24.5 Å². The molecule has 2 saturated heterocycles. The monoisotopic (exact) mass is 493 g/mol. The maximum absolute atomic E-state index is 14.6. The molecule has 0 spiro atoms. The first-order chi connectivity index (χ1) is 16.2. The fourth-order valence-electron chi connectivity index (χ4n) is 4.96. The smallest absolute Gasteiger partial charge is 0.222 e. The SMILES string of the molecule is NC(=O)[C@H]1CCN(c2ncnc(N)c2F)C[C@@H]1N1CCC[C@](C=O)(Nc2cc(F)cc(Cl)c2)C1. The Labute approximate surface area is 200 Å². The van der Waals surface area contributed by atoms with Gasteiger partial charge >= 0.3 is 0 Å². The average molecular weight is 494 g/mol. The van der Waals surface area contributed by atoms with Gasteiger partial charge in [0.1, 0.15) is 24.0 Å². The van der Waals surface area contributed by atoms with Crippen LogP contribution in [0.4, 0.5) is 26.1 Å². The van der Waals surface area contributed by atoms with Gasteiger partial charge in [0.25, 0.3) is 0 Å². The van der Waals surface area contributed by atoms with Crippen molar-refractivity contribution in [2.24, 2.45) is 11.7 Å². The van der Waals surface area contributed by atoms with Crippen molar-refractivity contribution in [1.29, 1.82) is 0 Å². The summed E-state index contributed by atoms with van der Waals surface area (Å²) in [5.41, 5.74) is 10.7. The molecule has 12 heteroatoms. The molecule has 182 valence electrons. The summed E-state index contributed by atoms with van der Waals surface area (Å²) in [7, 11) is 0. The third-order valence-electron chi connectivity index (χ3n) is 6.55. The Morgan fingerprint density at radius 1 is 1.26 bits per heavy atom. The normalized spacial score (nSPS) is 25.7. The van der Waals surface area contributed by atoms with Crippen molar-refractivity contribution < 1.29 is 18.4 Å². The third-order valence-corrected chi connectivity index (χ3v) is 6.77. The van der Waals surface area contributed by atoms with Crippen molar-refractivity contribution >= 4 is 41.1 Å². The summed E-state index contributed by atoms with van der Waals surface area (Å²) < 4.78 is 28.5. The molecule has 2 aliphatic heterocycles. The van der Waals surface area contributed by atoms with Crippen LogP contribution in [0.2, 0.25) is 5.02 Å². The second kappa shape index (κ2) is 9.67. The van der Waals surface area contributed by atoms with Gasteiger partial charge in [-0.1, -0.05) is 11.6 Å². The number of likely N-dealkylation sites (tertiary alicyclic amines) is 1. The van der Waals surface area contributed by atoms with Crippen molar-refractivity contribution in [1.82, 2.24) is 14.9 Å². The van der Waals surface area contributed by atoms with Crippen LogP contribution >= 0.6 is 11.6 Å². The predicted octanol–water partition coefficient (Wildman–Crippen LogP) is 1.82. The number of anilines is 3. The van der Waals surface area contributed by atoms with Crippen LogP contribution in [0.3, 0.4) is 0 Å². The van der Waals surface area contributed by atoms with E-state index in [1.807, 2.05) is 4.90 Å². The lowest BCUT2D eigenvalue weighted by molar-refractivity contribution is -0.125. The highest BCUT2D eigenvalue weighted by Gasteiger charge is 2.43. The van der Waals surface area contributed by atoms with Crippen LogP contribution in [0.5, 0.6) is 0 Å². The number of amides is 1. The number of carbonyl (C=O) groups excluding carboxylic acids is 2. The first-order valence-corrected chi connectivity index (χ1v) is 11.3. The zero-order valence-electron chi connectivity index (χ0n) is 18.4. The number of hydrogen-bond acceptors (Lipinski definition) is 8. The van der Waals surface area contributed by atoms with Gasteiger partial charge in [-0.3, -0.25) is 9.69 Å². The van der Waals surface area contributed by atoms with Crippen molar-refractivity contribution in [3.63, 3.8) is 0 Å². The van der Waals surface area contributed by atoms with Crippen molar-refractivity contribution in [3.05, 3.63) is 41.2 Å². The topological polar surface area (TPSA) is 130 Å². The molecule has 1 amide bonds. The second-order valence-electron chi connectivity index (χ2n) is 8.84. The number of nitrogens with two attached hydrogens (primary N) is 2. The largest absolute Gasteiger partial charge is 0.381 e. The molecule has 4 rings (SSSR count). The Bertz CT molecular complexity index is 1070. The predicted molar refractivity (Wildman–Crippen MR) is 124 cm³/mol. The number of piperidine rings is 2. The van der Waals surface area contributed by atoms with Crippen LogP contribution in [-0.4, -0.2) is 64.8 Å². The molecule has 0 saturated carbocycles. The Hall–Kier alpha value is -3.05. The third kappa shape index (κ3) is 4.90. The lowest BCUT2D eigenvalue weighted by Gasteiger charge is -2.48. The molecule has 5 N–H and O–H groups in total. The number of aldehydes is 1. The summed E-state index contributed by atoms with van der Waals surface area (Å²) in [5, 5.41) is 3.34. The molecular weight excluding hydrogens is 468 g/mol. The van der Waals surface area contributed by atoms with E-state index in [1.54, 1.807) is 11.0 Å². The number of nitrogens with zero attached hydrogens (tertiary/aromatic N) is 4. The summed E-state index contributed by atoms with van der Waals surface area (Å²) in [4.78, 5) is 36.0. The lowest BCUT2D eigenvalue weighted by atomic mass is 9.84. The first-order valence-electron chi connectivity index (χ1n) is 11.0. The number of hydrogen-bond donors (Lipinski definition) is 3. The number of carbonyl (C=O) groups is 2. The van der Waals surface area contributed by atoms with E-state index in [-0.39, 0.29) is 35.8 Å². The van der Waals surface area contributed by atoms with E-state index in [2.05, 4.69) is 15.3 Å². The van der Waals surface area contributed by atoms with E-state index in [0.29, 0.717) is 38.0 Å². The highest BCUT2D eigenvalue weighted by atomic mass is 35.5. The molecule has 0 radical (unpaired) electrons. The van der Waals surface area contributed by atoms with Crippen molar-refractivity contribution in [3.8, 4) is 0 Å². The number of aromatic nitrogens is 2. The first kappa shape index (κ1) is 24.1. The van der Waals surface area contributed by atoms with Gasteiger partial charge in [0, 0.05) is 36.4 Å². The van der Waals surface area contributed by atoms with Crippen molar-refractivity contribution in [2.45, 2.75) is 30.8 Å². The molecule has 3 atom stereocenters. The molecule has 0 unspecified atom stereocenters. The number of nitrogen functional groups attached to an aromatic ring is 1. The van der Waals surface area contributed by atoms with E-state index in [0.717, 1.165) is 6.29 Å². The second-order valence-corrected chi connectivity index (χ2v) is 9.27. The van der Waals surface area contributed by atoms with E-state index in [9.17, 15) is 18.4 Å². The summed E-state index contributed by atoms with van der Waals surface area (Å²) >= 11 is 5.97. The van der Waals surface area contributed by atoms with Gasteiger partial charge in [-0.2, -0.15) is 4.39 Å². The molecule has 3 heterocycles. The standard InChI is InChI=1S/C22H26ClF2N7O2/c23-13-6-14(24)8-15(7-13)30-22(11-33)3-1-4-32(10-22)17-9-31(5-2-16(17)20(27)34)21-18(25)19(26)28-12-29-21/h6-8,11-12,16-17,30H,1-5,9-10H2,(H2,27,34)(H2,26,28,29)/t16-,17-,22-/m0/s1. The maximum atomic E-state index is 14.6. The van der Waals surface area contributed by atoms with E-state index >= 15 is 0 Å². The fourth-order valence-corrected chi connectivity index (χ4v) is 5.18. The minimum Gasteiger partial charge on any atom is -0.381 e. The minimum atomic E-state index is -1.02. The fraction of sp³-hybridized carbons (Fsp3) is 0.455. The molecule has 0 aliphatic carbocycles. The van der Waals surface area contributed by atoms with Crippen LogP contribution in [0.25, 0.3) is 0 Å². The molecule has 34 heavy (non-hydrogen) atoms. The Kier molecular flexibility index (Phi) is 6.85. The zero-order chi connectivity index (χ0) is 24.5. The van der Waals surface area contributed by atoms with Gasteiger partial charge in [0.2, 0.25) is 11.7 Å². The summed E-state index contributed by atoms with van der Waals surface area (Å²) in [6, 6.07) is 3.61. The van der Waals surface area contributed by atoms with E-state index in [1.165, 1.54) is 18.5 Å². The van der Waals surface area contributed by atoms with Gasteiger partial charge < -0.3 is 26.5 Å². The number of halogens is 3. The Morgan fingerprint density at radius 2 is 2.06 bits per heavy atom. The Balaban J connectivity index is 1.59. The van der Waals surface area contributed by atoms with Gasteiger partial charge in [-0.25, -0.2) is 14.4 Å². The number of nitrogens with one attached hydrogen (secondary N) is 1. The Morgan fingerprint density at radius 3 is 2.76 bits per heavy atom. The zero-order valence-corrected chi connectivity index (χ0v) is 19.1. The van der Waals surface area contributed by atoms with Crippen LogP contribution in [0, 0.1) is 17.6 Å². The summed E-state index contributed by atoms with van der Waals surface area (Å²) in [5.74, 6) is -2.39. The van der Waals surface area contributed by atoms with Crippen molar-refractivity contribution in [2.75, 3.05) is 42.1 Å². The number of rotatable bonds is 6. The number of benzene rings is 1. The molecular formula is C22H26ClF2N7O2. The van der Waals surface area contributed by atoms with Gasteiger partial charge in [-0.05, 0) is 44.0 Å². The molecule has 2 aromatic rings. The summed E-state index contributed by atoms with van der Waals surface area (Å²) in [6.45, 7) is 1.49. The molecule has 1 aromatic carbocycles. The van der Waals surface area contributed by atoms with Gasteiger partial charge in [-0.15, -0.1) is 0 Å². The van der Waals surface area contributed by atoms with Crippen LogP contribution in [0.1, 0.15) is 19.3 Å². The molecule has 2 aliphatic rings. The van der Waals surface area contributed by atoms with E-state index < -0.39 is 29.0 Å². The van der Waals surface area contributed by atoms with Gasteiger partial charge in [0.05, 0.1) is 5.92 Å². The van der Waals surface area contributed by atoms with Crippen LogP contribution < -0.4 is 21.7 Å². The highest BCUT2D eigenvalue weighted by molar-refractivity contribution is 6.30. The molecule has 9 nitrogen and oxygen atoms in total. The van der Waals surface area contributed by atoms with Crippen LogP contribution in [-0.2, 0) is 9.59 Å². The molecule has 0 bridgehead atoms. The quantitative estimate of drug-likeness (QED) is 0.519. The lowest BCUT2D eigenvalue weighted by Crippen LogP contribution is -2.63. The molecule has 1 aromatic heterocycles. The maximum Gasteiger partial charge on any atom is 0.222 e. The average Bonchev–Trinajstić information content (AvgIpc) is 2.80. The summed E-state index contributed by atoms with van der Waals surface area (Å²) in [6.07, 6.45) is 3.54. The highest BCUT2D eigenvalue weighted by Crippen LogP contribution is 2.33. The minimum absolute atomic E-state index is 0.0617. The van der Waals surface area contributed by atoms with E-state index in [4.69, 9.17) is 23.1 Å².